The second-order valence-electron chi connectivity index (χ2n) is 8.97. The molecule has 1 amide bonds. The van der Waals surface area contributed by atoms with Gasteiger partial charge >= 0.3 is 6.09 Å². The van der Waals surface area contributed by atoms with Crippen LogP contribution < -0.4 is 0 Å². The lowest BCUT2D eigenvalue weighted by atomic mass is 10.2. The van der Waals surface area contributed by atoms with E-state index < -0.39 is 18.3 Å². The van der Waals surface area contributed by atoms with Crippen LogP contribution in [0.1, 0.15) is 40.0 Å². The second kappa shape index (κ2) is 15.8. The van der Waals surface area contributed by atoms with E-state index >= 15 is 0 Å². The first-order chi connectivity index (χ1) is 14.7. The fourth-order valence-electron chi connectivity index (χ4n) is 4.20. The number of carbonyl (C=O) groups excluding carboxylic acids is 1. The summed E-state index contributed by atoms with van der Waals surface area (Å²) in [5.74, 6) is 0. The van der Waals surface area contributed by atoms with Crippen LogP contribution in [0.4, 0.5) is 4.79 Å². The maximum absolute atomic E-state index is 12.2. The van der Waals surface area contributed by atoms with Crippen molar-refractivity contribution in [2.75, 3.05) is 79.1 Å². The monoisotopic (exact) mass is 446 g/mol. The van der Waals surface area contributed by atoms with E-state index in [9.17, 15) is 20.1 Å². The van der Waals surface area contributed by atoms with E-state index in [1.54, 1.807) is 18.7 Å². The van der Waals surface area contributed by atoms with E-state index in [1.165, 1.54) is 7.11 Å². The van der Waals surface area contributed by atoms with Crippen molar-refractivity contribution in [3.8, 4) is 0 Å². The van der Waals surface area contributed by atoms with Crippen molar-refractivity contribution in [2.45, 2.75) is 58.3 Å². The molecule has 1 heterocycles. The van der Waals surface area contributed by atoms with Crippen LogP contribution in [0, 0.1) is 0 Å². The van der Waals surface area contributed by atoms with Crippen molar-refractivity contribution >= 4 is 6.09 Å². The molecule has 0 aromatic heterocycles. The van der Waals surface area contributed by atoms with E-state index in [0.29, 0.717) is 32.7 Å². The van der Waals surface area contributed by atoms with Crippen molar-refractivity contribution in [2.24, 2.45) is 0 Å². The third-order valence-electron chi connectivity index (χ3n) is 5.49. The quantitative estimate of drug-likeness (QED) is 0.535. The molecule has 9 heteroatoms. The van der Waals surface area contributed by atoms with Gasteiger partial charge in [0.15, 0.2) is 0 Å². The van der Waals surface area contributed by atoms with Gasteiger partial charge in [-0.3, -0.25) is 9.80 Å². The number of aliphatic hydroxyl groups excluding tert-OH is 3. The van der Waals surface area contributed by atoms with Gasteiger partial charge in [-0.15, -0.1) is 0 Å². The van der Waals surface area contributed by atoms with Crippen LogP contribution in [0.25, 0.3) is 0 Å². The Kier molecular flexibility index (Phi) is 14.3. The van der Waals surface area contributed by atoms with Crippen molar-refractivity contribution < 1.29 is 24.9 Å². The molecule has 1 fully saturated rings. The first-order valence-electron chi connectivity index (χ1n) is 11.8. The summed E-state index contributed by atoms with van der Waals surface area (Å²) in [6, 6.07) is 0. The van der Waals surface area contributed by atoms with Gasteiger partial charge in [-0.25, -0.2) is 4.79 Å². The van der Waals surface area contributed by atoms with Gasteiger partial charge in [-0.05, 0) is 66.2 Å². The molecule has 0 aliphatic carbocycles. The molecule has 1 rings (SSSR count). The van der Waals surface area contributed by atoms with Crippen molar-refractivity contribution in [3.05, 3.63) is 0 Å². The molecule has 0 spiro atoms. The smallest absolute Gasteiger partial charge is 0.409 e. The maximum Gasteiger partial charge on any atom is 0.409 e. The van der Waals surface area contributed by atoms with Gasteiger partial charge in [0, 0.05) is 45.8 Å². The number of rotatable bonds is 6. The Morgan fingerprint density at radius 1 is 0.677 bits per heavy atom. The molecule has 3 N–H and O–H groups in total. The second-order valence-corrected chi connectivity index (χ2v) is 8.97. The Morgan fingerprint density at radius 3 is 1.32 bits per heavy atom. The van der Waals surface area contributed by atoms with Gasteiger partial charge < -0.3 is 29.9 Å². The average Bonchev–Trinajstić information content (AvgIpc) is 2.68. The molecule has 3 atom stereocenters. The molecular weight excluding hydrogens is 400 g/mol. The summed E-state index contributed by atoms with van der Waals surface area (Å²) in [7, 11) is 1.41. The molecule has 0 bridgehead atoms. The molecule has 0 aromatic carbocycles. The van der Waals surface area contributed by atoms with Crippen LogP contribution in [0.3, 0.4) is 0 Å². The number of nitrogens with zero attached hydrogens (tertiary/aromatic N) is 4. The van der Waals surface area contributed by atoms with Gasteiger partial charge in [0.1, 0.15) is 0 Å². The van der Waals surface area contributed by atoms with Gasteiger partial charge in [-0.2, -0.15) is 0 Å². The molecule has 184 valence electrons. The Hall–Kier alpha value is -0.970. The van der Waals surface area contributed by atoms with Crippen LogP contribution in [0.2, 0.25) is 0 Å². The molecule has 1 aliphatic rings. The predicted molar refractivity (Wildman–Crippen MR) is 122 cm³/mol. The summed E-state index contributed by atoms with van der Waals surface area (Å²) >= 11 is 0. The summed E-state index contributed by atoms with van der Waals surface area (Å²) in [5, 5.41) is 29.7. The Balaban J connectivity index is 2.88. The predicted octanol–water partition coefficient (Wildman–Crippen LogP) is 0.287. The number of aliphatic hydroxyl groups is 3. The van der Waals surface area contributed by atoms with E-state index in [2.05, 4.69) is 14.7 Å². The highest BCUT2D eigenvalue weighted by Gasteiger charge is 2.18. The molecule has 1 aliphatic heterocycles. The Morgan fingerprint density at radius 2 is 1.00 bits per heavy atom. The lowest BCUT2D eigenvalue weighted by Gasteiger charge is -2.30. The lowest BCUT2D eigenvalue weighted by Crippen LogP contribution is -2.42. The zero-order chi connectivity index (χ0) is 23.2. The molecule has 0 saturated carbocycles. The van der Waals surface area contributed by atoms with Crippen LogP contribution in [-0.4, -0.2) is 138 Å². The van der Waals surface area contributed by atoms with Crippen LogP contribution in [0.5, 0.6) is 0 Å². The molecule has 0 radical (unpaired) electrons. The minimum absolute atomic E-state index is 0.309. The van der Waals surface area contributed by atoms with Crippen LogP contribution >= 0.6 is 0 Å². The number of hydrogen-bond donors (Lipinski definition) is 3. The highest BCUT2D eigenvalue weighted by atomic mass is 16.5. The topological polar surface area (TPSA) is 100.0 Å². The van der Waals surface area contributed by atoms with Crippen molar-refractivity contribution in [1.29, 1.82) is 0 Å². The third kappa shape index (κ3) is 13.2. The van der Waals surface area contributed by atoms with E-state index in [1.807, 2.05) is 6.92 Å². The zero-order valence-corrected chi connectivity index (χ0v) is 20.1. The normalized spacial score (nSPS) is 22.9. The highest BCUT2D eigenvalue weighted by molar-refractivity contribution is 5.67. The first-order valence-corrected chi connectivity index (χ1v) is 11.8. The summed E-state index contributed by atoms with van der Waals surface area (Å²) in [6.07, 6.45) is 1.04. The number of hydrogen-bond acceptors (Lipinski definition) is 8. The number of carbonyl (C=O) groups is 1. The van der Waals surface area contributed by atoms with Crippen molar-refractivity contribution in [3.63, 3.8) is 0 Å². The number of amides is 1. The number of ether oxygens (including phenoxy) is 1. The van der Waals surface area contributed by atoms with Crippen molar-refractivity contribution in [1.82, 2.24) is 19.6 Å². The molecule has 0 aromatic rings. The summed E-state index contributed by atoms with van der Waals surface area (Å²) in [5.41, 5.74) is 0. The SMILES string of the molecule is COC(=O)N1CCCN(CC(C)O)CCCN(CC(C)O)CCN(CC(C)O)CCC1. The molecule has 1 saturated heterocycles. The lowest BCUT2D eigenvalue weighted by molar-refractivity contribution is 0.0900. The molecular formula is C22H46N4O5. The first kappa shape index (κ1) is 28.1. The van der Waals surface area contributed by atoms with E-state index in [4.69, 9.17) is 4.74 Å². The minimum Gasteiger partial charge on any atom is -0.453 e. The largest absolute Gasteiger partial charge is 0.453 e. The minimum atomic E-state index is -0.418. The van der Waals surface area contributed by atoms with Gasteiger partial charge in [0.05, 0.1) is 25.4 Å². The fraction of sp³-hybridized carbons (Fsp3) is 0.955. The van der Waals surface area contributed by atoms with Crippen LogP contribution in [-0.2, 0) is 4.74 Å². The summed E-state index contributed by atoms with van der Waals surface area (Å²) in [4.78, 5) is 20.7. The zero-order valence-electron chi connectivity index (χ0n) is 20.1. The van der Waals surface area contributed by atoms with Gasteiger partial charge in [0.25, 0.3) is 0 Å². The molecule has 31 heavy (non-hydrogen) atoms. The standard InChI is InChI=1S/C22H46N4O5/c1-19(27)16-23-8-5-9-24(17-20(2)28)14-15-25(18-21(3)29)11-7-13-26(12-6-10-23)22(30)31-4/h19-21,27-29H,5-18H2,1-4H3. The number of methoxy groups -OCH3 is 1. The van der Waals surface area contributed by atoms with Gasteiger partial charge in [0.2, 0.25) is 0 Å². The summed E-state index contributed by atoms with van der Waals surface area (Å²) < 4.78 is 4.96. The van der Waals surface area contributed by atoms with Crippen LogP contribution in [0.15, 0.2) is 0 Å². The summed E-state index contributed by atoms with van der Waals surface area (Å²) in [6.45, 7) is 13.4. The van der Waals surface area contributed by atoms with Gasteiger partial charge in [-0.1, -0.05) is 0 Å². The maximum atomic E-state index is 12.2. The Labute approximate surface area is 188 Å². The fourth-order valence-corrected chi connectivity index (χ4v) is 4.20. The molecule has 9 nitrogen and oxygen atoms in total. The van der Waals surface area contributed by atoms with E-state index in [-0.39, 0.29) is 6.09 Å². The number of β-amino-alcohol motifs (C(OH)–C–C–N with tert-alkyl or cyclic N) is 3. The molecule has 3 unspecified atom stereocenters. The third-order valence-corrected chi connectivity index (χ3v) is 5.49. The highest BCUT2D eigenvalue weighted by Crippen LogP contribution is 2.06. The van der Waals surface area contributed by atoms with E-state index in [0.717, 1.165) is 58.5 Å². The average molecular weight is 447 g/mol. The Bertz CT molecular complexity index is 479.